The van der Waals surface area contributed by atoms with E-state index in [4.69, 9.17) is 9.15 Å². The maximum absolute atomic E-state index is 5.74. The first-order valence-electron chi connectivity index (χ1n) is 5.14. The number of methoxy groups -OCH3 is 1. The Balaban J connectivity index is 3.05. The van der Waals surface area contributed by atoms with Gasteiger partial charge in [0.15, 0.2) is 0 Å². The standard InChI is InChI=1S/C11H18BrNO2/c1-6-7(2)8-9(12)13-10(15-8)11(3,4)14-5/h7H,6H2,1-5H3. The van der Waals surface area contributed by atoms with Crippen molar-refractivity contribution in [1.82, 2.24) is 4.98 Å². The minimum Gasteiger partial charge on any atom is -0.441 e. The lowest BCUT2D eigenvalue weighted by molar-refractivity contribution is -0.00467. The fourth-order valence-electron chi connectivity index (χ4n) is 1.15. The van der Waals surface area contributed by atoms with Crippen molar-refractivity contribution in [3.05, 3.63) is 16.3 Å². The number of hydrogen-bond donors (Lipinski definition) is 0. The fourth-order valence-corrected chi connectivity index (χ4v) is 1.78. The highest BCUT2D eigenvalue weighted by molar-refractivity contribution is 9.10. The topological polar surface area (TPSA) is 35.3 Å². The molecule has 0 saturated carbocycles. The van der Waals surface area contributed by atoms with Gasteiger partial charge in [-0.3, -0.25) is 0 Å². The number of oxazole rings is 1. The van der Waals surface area contributed by atoms with Gasteiger partial charge in [-0.1, -0.05) is 13.8 Å². The van der Waals surface area contributed by atoms with Crippen LogP contribution in [0.25, 0.3) is 0 Å². The molecule has 3 nitrogen and oxygen atoms in total. The molecule has 0 amide bonds. The Bertz CT molecular complexity index is 333. The molecule has 1 aromatic rings. The largest absolute Gasteiger partial charge is 0.441 e. The molecule has 4 heteroatoms. The van der Waals surface area contributed by atoms with Gasteiger partial charge in [0.05, 0.1) is 0 Å². The Morgan fingerprint density at radius 1 is 1.53 bits per heavy atom. The molecule has 1 heterocycles. The third-order valence-corrected chi connectivity index (χ3v) is 3.26. The zero-order chi connectivity index (χ0) is 11.6. The summed E-state index contributed by atoms with van der Waals surface area (Å²) in [5, 5.41) is 0. The van der Waals surface area contributed by atoms with Gasteiger partial charge in [0.25, 0.3) is 0 Å². The molecule has 0 fully saturated rings. The first-order valence-corrected chi connectivity index (χ1v) is 5.93. The maximum atomic E-state index is 5.74. The van der Waals surface area contributed by atoms with E-state index in [2.05, 4.69) is 34.8 Å². The Labute approximate surface area is 99.3 Å². The van der Waals surface area contributed by atoms with E-state index >= 15 is 0 Å². The number of ether oxygens (including phenoxy) is 1. The third kappa shape index (κ3) is 2.61. The molecule has 0 aliphatic carbocycles. The zero-order valence-corrected chi connectivity index (χ0v) is 11.5. The fraction of sp³-hybridized carbons (Fsp3) is 0.727. The van der Waals surface area contributed by atoms with Gasteiger partial charge in [0, 0.05) is 13.0 Å². The molecule has 0 bridgehead atoms. The van der Waals surface area contributed by atoms with Gasteiger partial charge in [0.1, 0.15) is 16.0 Å². The predicted molar refractivity (Wildman–Crippen MR) is 62.9 cm³/mol. The highest BCUT2D eigenvalue weighted by Crippen LogP contribution is 2.32. The van der Waals surface area contributed by atoms with Crippen LogP contribution in [-0.4, -0.2) is 12.1 Å². The molecule has 1 atom stereocenters. The number of nitrogens with zero attached hydrogens (tertiary/aromatic N) is 1. The molecule has 0 N–H and O–H groups in total. The summed E-state index contributed by atoms with van der Waals surface area (Å²) in [6.07, 6.45) is 1.03. The van der Waals surface area contributed by atoms with Gasteiger partial charge in [-0.2, -0.15) is 0 Å². The van der Waals surface area contributed by atoms with Crippen LogP contribution in [0.15, 0.2) is 9.02 Å². The van der Waals surface area contributed by atoms with E-state index in [1.807, 2.05) is 13.8 Å². The summed E-state index contributed by atoms with van der Waals surface area (Å²) < 4.78 is 11.9. The molecule has 1 rings (SSSR count). The summed E-state index contributed by atoms with van der Waals surface area (Å²) in [6, 6.07) is 0. The molecule has 0 aliphatic heterocycles. The quantitative estimate of drug-likeness (QED) is 0.838. The second-order valence-corrected chi connectivity index (χ2v) is 4.95. The summed E-state index contributed by atoms with van der Waals surface area (Å²) in [5.74, 6) is 1.89. The monoisotopic (exact) mass is 275 g/mol. The van der Waals surface area contributed by atoms with E-state index in [9.17, 15) is 0 Å². The lowest BCUT2D eigenvalue weighted by Crippen LogP contribution is -2.19. The molecule has 1 unspecified atom stereocenters. The van der Waals surface area contributed by atoms with Gasteiger partial charge in [-0.05, 0) is 36.2 Å². The van der Waals surface area contributed by atoms with Crippen LogP contribution in [0.2, 0.25) is 0 Å². The van der Waals surface area contributed by atoms with Crippen molar-refractivity contribution >= 4 is 15.9 Å². The highest BCUT2D eigenvalue weighted by atomic mass is 79.9. The Morgan fingerprint density at radius 3 is 2.60 bits per heavy atom. The van der Waals surface area contributed by atoms with Crippen molar-refractivity contribution in [2.24, 2.45) is 0 Å². The van der Waals surface area contributed by atoms with E-state index in [0.717, 1.165) is 16.8 Å². The van der Waals surface area contributed by atoms with E-state index in [0.29, 0.717) is 11.8 Å². The van der Waals surface area contributed by atoms with Gasteiger partial charge in [-0.25, -0.2) is 4.98 Å². The third-order valence-electron chi connectivity index (χ3n) is 2.69. The summed E-state index contributed by atoms with van der Waals surface area (Å²) >= 11 is 3.42. The average molecular weight is 276 g/mol. The van der Waals surface area contributed by atoms with E-state index in [1.54, 1.807) is 7.11 Å². The Morgan fingerprint density at radius 2 is 2.13 bits per heavy atom. The normalized spacial score (nSPS) is 14.3. The SMILES string of the molecule is CCC(C)c1oc(C(C)(C)OC)nc1Br. The number of hydrogen-bond acceptors (Lipinski definition) is 3. The number of aromatic nitrogens is 1. The second kappa shape index (κ2) is 4.66. The molecule has 0 radical (unpaired) electrons. The highest BCUT2D eigenvalue weighted by Gasteiger charge is 2.28. The summed E-state index contributed by atoms with van der Waals surface area (Å²) in [5.41, 5.74) is -0.478. The lowest BCUT2D eigenvalue weighted by atomic mass is 10.1. The molecule has 0 aromatic carbocycles. The first kappa shape index (κ1) is 12.7. The summed E-state index contributed by atoms with van der Waals surface area (Å²) in [4.78, 5) is 4.35. The van der Waals surface area contributed by atoms with Crippen molar-refractivity contribution in [1.29, 1.82) is 0 Å². The van der Waals surface area contributed by atoms with Crippen LogP contribution in [-0.2, 0) is 10.3 Å². The van der Waals surface area contributed by atoms with Crippen molar-refractivity contribution in [3.8, 4) is 0 Å². The maximum Gasteiger partial charge on any atom is 0.227 e. The minimum absolute atomic E-state index is 0.369. The van der Waals surface area contributed by atoms with Crippen LogP contribution in [0.5, 0.6) is 0 Å². The van der Waals surface area contributed by atoms with Gasteiger partial charge in [-0.15, -0.1) is 0 Å². The van der Waals surface area contributed by atoms with Gasteiger partial charge >= 0.3 is 0 Å². The van der Waals surface area contributed by atoms with E-state index in [-0.39, 0.29) is 0 Å². The molecule has 15 heavy (non-hydrogen) atoms. The molecule has 0 spiro atoms. The predicted octanol–water partition coefficient (Wildman–Crippen LogP) is 3.83. The van der Waals surface area contributed by atoms with E-state index < -0.39 is 5.60 Å². The van der Waals surface area contributed by atoms with Crippen LogP contribution >= 0.6 is 15.9 Å². The Hall–Kier alpha value is -0.350. The van der Waals surface area contributed by atoms with Crippen LogP contribution in [0.1, 0.15) is 51.7 Å². The Kier molecular flexibility index (Phi) is 3.95. The van der Waals surface area contributed by atoms with Crippen LogP contribution in [0.3, 0.4) is 0 Å². The summed E-state index contributed by atoms with van der Waals surface area (Å²) in [7, 11) is 1.65. The van der Waals surface area contributed by atoms with Crippen molar-refractivity contribution in [3.63, 3.8) is 0 Å². The van der Waals surface area contributed by atoms with Gasteiger partial charge < -0.3 is 9.15 Å². The smallest absolute Gasteiger partial charge is 0.227 e. The van der Waals surface area contributed by atoms with Crippen LogP contribution < -0.4 is 0 Å². The van der Waals surface area contributed by atoms with E-state index in [1.165, 1.54) is 0 Å². The second-order valence-electron chi connectivity index (χ2n) is 4.20. The molecule has 1 aromatic heterocycles. The number of halogens is 1. The van der Waals surface area contributed by atoms with Crippen molar-refractivity contribution in [2.75, 3.05) is 7.11 Å². The zero-order valence-electron chi connectivity index (χ0n) is 9.93. The summed E-state index contributed by atoms with van der Waals surface area (Å²) in [6.45, 7) is 8.12. The minimum atomic E-state index is -0.478. The lowest BCUT2D eigenvalue weighted by Gasteiger charge is -2.18. The van der Waals surface area contributed by atoms with Crippen LogP contribution in [0.4, 0.5) is 0 Å². The van der Waals surface area contributed by atoms with Crippen LogP contribution in [0, 0.1) is 0 Å². The van der Waals surface area contributed by atoms with Crippen molar-refractivity contribution in [2.45, 2.75) is 45.6 Å². The molecular weight excluding hydrogens is 258 g/mol. The molecular formula is C11H18BrNO2. The molecule has 86 valence electrons. The first-order chi connectivity index (χ1) is 6.92. The van der Waals surface area contributed by atoms with Gasteiger partial charge in [0.2, 0.25) is 5.89 Å². The number of rotatable bonds is 4. The molecule has 0 aliphatic rings. The average Bonchev–Trinajstić information content (AvgIpc) is 2.60. The van der Waals surface area contributed by atoms with Crippen molar-refractivity contribution < 1.29 is 9.15 Å². The molecule has 0 saturated heterocycles.